The van der Waals surface area contributed by atoms with Gasteiger partial charge in [-0.15, -0.1) is 13.2 Å². The van der Waals surface area contributed by atoms with Crippen molar-refractivity contribution in [2.24, 2.45) is 4.36 Å². The monoisotopic (exact) mass is 482 g/mol. The van der Waals surface area contributed by atoms with Gasteiger partial charge in [-0.1, -0.05) is 0 Å². The van der Waals surface area contributed by atoms with E-state index in [-0.39, 0.29) is 5.56 Å². The zero-order chi connectivity index (χ0) is 24.4. The quantitative estimate of drug-likeness (QED) is 0.573. The van der Waals surface area contributed by atoms with Gasteiger partial charge in [-0.05, 0) is 49.7 Å². The first-order valence-electron chi connectivity index (χ1n) is 9.52. The van der Waals surface area contributed by atoms with E-state index in [0.717, 1.165) is 6.07 Å². The van der Waals surface area contributed by atoms with E-state index < -0.39 is 33.8 Å². The van der Waals surface area contributed by atoms with Gasteiger partial charge in [0.25, 0.3) is 5.91 Å². The first kappa shape index (κ1) is 24.2. The molecule has 176 valence electrons. The molecular formula is C20H21F3N6O3S. The molecule has 13 heteroatoms. The first-order chi connectivity index (χ1) is 15.3. The number of amides is 1. The Morgan fingerprint density at radius 1 is 1.21 bits per heavy atom. The molecule has 0 bridgehead atoms. The van der Waals surface area contributed by atoms with Gasteiger partial charge in [0.05, 0.1) is 17.9 Å². The van der Waals surface area contributed by atoms with Gasteiger partial charge >= 0.3 is 6.36 Å². The van der Waals surface area contributed by atoms with Gasteiger partial charge in [0.2, 0.25) is 0 Å². The highest BCUT2D eigenvalue weighted by Crippen LogP contribution is 2.25. The molecule has 0 aliphatic rings. The molecule has 0 fully saturated rings. The van der Waals surface area contributed by atoms with Gasteiger partial charge < -0.3 is 10.1 Å². The van der Waals surface area contributed by atoms with Crippen LogP contribution in [0.3, 0.4) is 0 Å². The van der Waals surface area contributed by atoms with Crippen LogP contribution in [0, 0.1) is 6.92 Å². The van der Waals surface area contributed by atoms with Crippen molar-refractivity contribution in [3.8, 4) is 11.6 Å². The Labute approximate surface area is 188 Å². The third-order valence-electron chi connectivity index (χ3n) is 4.13. The van der Waals surface area contributed by atoms with Crippen LogP contribution in [0.25, 0.3) is 5.82 Å². The summed E-state index contributed by atoms with van der Waals surface area (Å²) in [5, 5.41) is 6.81. The van der Waals surface area contributed by atoms with Crippen molar-refractivity contribution in [3.05, 3.63) is 59.8 Å². The lowest BCUT2D eigenvalue weighted by atomic mass is 10.1. The van der Waals surface area contributed by atoms with E-state index in [9.17, 15) is 22.2 Å². The van der Waals surface area contributed by atoms with Crippen LogP contribution in [0.15, 0.2) is 47.2 Å². The standard InChI is InChI=1S/C20H21F3N6O3S/c1-12-7-14(9-16(8-12)32-20(21,22)23)19(30)27-13(2)18-25-11-26-29(18)17-6-5-15(10-24-17)28-33(3,4)31/h5-11,13H,1-4H3,(H,27,30)/t13-/m0/s1. The summed E-state index contributed by atoms with van der Waals surface area (Å²) in [7, 11) is -2.34. The highest BCUT2D eigenvalue weighted by Gasteiger charge is 2.31. The zero-order valence-electron chi connectivity index (χ0n) is 18.1. The van der Waals surface area contributed by atoms with E-state index in [1.54, 1.807) is 26.0 Å². The summed E-state index contributed by atoms with van der Waals surface area (Å²) < 4.78 is 58.8. The molecule has 1 amide bonds. The first-order valence-corrected chi connectivity index (χ1v) is 11.9. The number of carbonyl (C=O) groups excluding carboxylic acids is 1. The van der Waals surface area contributed by atoms with Crippen molar-refractivity contribution in [1.29, 1.82) is 0 Å². The van der Waals surface area contributed by atoms with Crippen LogP contribution in [0.4, 0.5) is 18.9 Å². The molecule has 0 aliphatic carbocycles. The maximum absolute atomic E-state index is 12.7. The van der Waals surface area contributed by atoms with Crippen molar-refractivity contribution in [2.75, 3.05) is 12.5 Å². The van der Waals surface area contributed by atoms with Crippen LogP contribution in [0.2, 0.25) is 0 Å². The number of alkyl halides is 3. The highest BCUT2D eigenvalue weighted by molar-refractivity contribution is 7.92. The van der Waals surface area contributed by atoms with Gasteiger partial charge in [0.1, 0.15) is 12.1 Å². The second-order valence-electron chi connectivity index (χ2n) is 7.45. The predicted molar refractivity (Wildman–Crippen MR) is 115 cm³/mol. The van der Waals surface area contributed by atoms with Crippen molar-refractivity contribution in [2.45, 2.75) is 26.3 Å². The SMILES string of the molecule is Cc1cc(OC(F)(F)F)cc(C(=O)N[C@@H](C)c2ncnn2-c2ccc(N=S(C)(C)=O)cn2)c1. The molecular weight excluding hydrogens is 461 g/mol. The number of nitrogens with one attached hydrogen (secondary N) is 1. The Morgan fingerprint density at radius 2 is 1.94 bits per heavy atom. The Morgan fingerprint density at radius 3 is 2.55 bits per heavy atom. The number of nitrogens with zero attached hydrogens (tertiary/aromatic N) is 5. The third-order valence-corrected chi connectivity index (χ3v) is 4.78. The molecule has 2 heterocycles. The molecule has 0 radical (unpaired) electrons. The molecule has 0 saturated heterocycles. The van der Waals surface area contributed by atoms with E-state index in [2.05, 4.69) is 29.5 Å². The molecule has 1 N–H and O–H groups in total. The molecule has 3 aromatic rings. The van der Waals surface area contributed by atoms with E-state index in [0.29, 0.717) is 22.9 Å². The summed E-state index contributed by atoms with van der Waals surface area (Å²) in [6.07, 6.45) is 0.864. The molecule has 0 saturated carbocycles. The van der Waals surface area contributed by atoms with Gasteiger partial charge in [0.15, 0.2) is 11.6 Å². The van der Waals surface area contributed by atoms with Crippen LogP contribution in [0.5, 0.6) is 5.75 Å². The average molecular weight is 482 g/mol. The van der Waals surface area contributed by atoms with Gasteiger partial charge in [-0.3, -0.25) is 4.79 Å². The molecule has 1 atom stereocenters. The minimum atomic E-state index is -4.87. The fourth-order valence-electron chi connectivity index (χ4n) is 2.95. The number of aryl methyl sites for hydroxylation is 1. The summed E-state index contributed by atoms with van der Waals surface area (Å²) in [4.78, 5) is 21.1. The Hall–Kier alpha value is -3.48. The van der Waals surface area contributed by atoms with Crippen molar-refractivity contribution >= 4 is 21.3 Å². The number of aromatic nitrogens is 4. The second kappa shape index (κ2) is 9.17. The third kappa shape index (κ3) is 6.75. The summed E-state index contributed by atoms with van der Waals surface area (Å²) in [5.41, 5.74) is 0.864. The number of rotatable bonds is 6. The van der Waals surface area contributed by atoms with Crippen molar-refractivity contribution < 1.29 is 26.9 Å². The minimum Gasteiger partial charge on any atom is -0.406 e. The normalized spacial score (nSPS) is 12.8. The number of halogens is 3. The zero-order valence-corrected chi connectivity index (χ0v) is 18.9. The van der Waals surface area contributed by atoms with Crippen LogP contribution in [-0.4, -0.2) is 48.7 Å². The molecule has 1 aromatic carbocycles. The largest absolute Gasteiger partial charge is 0.573 e. The molecule has 33 heavy (non-hydrogen) atoms. The average Bonchev–Trinajstić information content (AvgIpc) is 3.15. The maximum atomic E-state index is 12.7. The smallest absolute Gasteiger partial charge is 0.406 e. The van der Waals surface area contributed by atoms with Gasteiger partial charge in [-0.25, -0.2) is 14.2 Å². The van der Waals surface area contributed by atoms with Crippen LogP contribution >= 0.6 is 0 Å². The number of hydrogen-bond donors (Lipinski definition) is 1. The van der Waals surface area contributed by atoms with Crippen LogP contribution < -0.4 is 10.1 Å². The fourth-order valence-corrected chi connectivity index (χ4v) is 3.57. The highest BCUT2D eigenvalue weighted by atomic mass is 32.2. The maximum Gasteiger partial charge on any atom is 0.573 e. The molecule has 0 spiro atoms. The van der Waals surface area contributed by atoms with Crippen molar-refractivity contribution in [1.82, 2.24) is 25.1 Å². The summed E-state index contributed by atoms with van der Waals surface area (Å²) >= 11 is 0. The van der Waals surface area contributed by atoms with Gasteiger partial charge in [0, 0.05) is 27.8 Å². The minimum absolute atomic E-state index is 0.000942. The number of ether oxygens (including phenoxy) is 1. The van der Waals surface area contributed by atoms with Crippen LogP contribution in [0.1, 0.15) is 34.7 Å². The Kier molecular flexibility index (Phi) is 6.72. The molecule has 0 aliphatic heterocycles. The Bertz CT molecular complexity index is 1270. The number of hydrogen-bond acceptors (Lipinski definition) is 7. The van der Waals surface area contributed by atoms with E-state index in [4.69, 9.17) is 0 Å². The molecule has 3 rings (SSSR count). The van der Waals surface area contributed by atoms with Gasteiger partial charge in [-0.2, -0.15) is 14.1 Å². The molecule has 2 aromatic heterocycles. The number of benzene rings is 1. The lowest BCUT2D eigenvalue weighted by Crippen LogP contribution is -2.29. The topological polar surface area (TPSA) is 111 Å². The predicted octanol–water partition coefficient (Wildman–Crippen LogP) is 3.72. The van der Waals surface area contributed by atoms with Crippen molar-refractivity contribution in [3.63, 3.8) is 0 Å². The second-order valence-corrected chi connectivity index (χ2v) is 10.00. The summed E-state index contributed by atoms with van der Waals surface area (Å²) in [6.45, 7) is 3.20. The van der Waals surface area contributed by atoms with E-state index in [1.807, 2.05) is 0 Å². The van der Waals surface area contributed by atoms with E-state index >= 15 is 0 Å². The lowest BCUT2D eigenvalue weighted by Gasteiger charge is -2.16. The number of pyridine rings is 1. The molecule has 0 unspecified atom stereocenters. The van der Waals surface area contributed by atoms with Crippen LogP contribution in [-0.2, 0) is 9.73 Å². The Balaban J connectivity index is 1.80. The number of carbonyl (C=O) groups is 1. The molecule has 9 nitrogen and oxygen atoms in total. The van der Waals surface area contributed by atoms with E-state index in [1.165, 1.54) is 41.9 Å². The summed E-state index contributed by atoms with van der Waals surface area (Å²) in [6, 6.07) is 6.21. The lowest BCUT2D eigenvalue weighted by molar-refractivity contribution is -0.274. The summed E-state index contributed by atoms with van der Waals surface area (Å²) in [5.74, 6) is -0.371. The fraction of sp³-hybridized carbons (Fsp3) is 0.300.